The number of hydrogen-bond donors (Lipinski definition) is 1. The van der Waals surface area contributed by atoms with E-state index in [0.717, 1.165) is 22.4 Å². The van der Waals surface area contributed by atoms with E-state index < -0.39 is 0 Å². The summed E-state index contributed by atoms with van der Waals surface area (Å²) < 4.78 is 2.19. The van der Waals surface area contributed by atoms with Gasteiger partial charge in [0.05, 0.1) is 22.4 Å². The van der Waals surface area contributed by atoms with Gasteiger partial charge in [-0.05, 0) is 24.3 Å². The fraction of sp³-hybridized carbons (Fsp3) is 0. The van der Waals surface area contributed by atoms with Gasteiger partial charge in [-0.3, -0.25) is 4.79 Å². The van der Waals surface area contributed by atoms with Gasteiger partial charge in [0, 0.05) is 10.8 Å². The summed E-state index contributed by atoms with van der Waals surface area (Å²) in [7, 11) is 0. The molecular formula is C19H14N2O. The molecule has 0 aliphatic carbocycles. The SMILES string of the molecule is O=CNc1ccccc1-n1c2ccccc2c2ccccc21. The van der Waals surface area contributed by atoms with Crippen molar-refractivity contribution < 1.29 is 4.79 Å². The van der Waals surface area contributed by atoms with Gasteiger partial charge in [0.25, 0.3) is 0 Å². The molecule has 0 spiro atoms. The van der Waals surface area contributed by atoms with Crippen molar-refractivity contribution in [2.45, 2.75) is 0 Å². The third-order valence-corrected chi connectivity index (χ3v) is 3.94. The van der Waals surface area contributed by atoms with Crippen molar-refractivity contribution in [1.29, 1.82) is 0 Å². The van der Waals surface area contributed by atoms with E-state index >= 15 is 0 Å². The number of nitrogens with zero attached hydrogens (tertiary/aromatic N) is 1. The lowest BCUT2D eigenvalue weighted by atomic mass is 10.2. The van der Waals surface area contributed by atoms with Crippen LogP contribution in [0.15, 0.2) is 72.8 Å². The van der Waals surface area contributed by atoms with Crippen LogP contribution in [0.1, 0.15) is 0 Å². The van der Waals surface area contributed by atoms with E-state index in [1.807, 2.05) is 36.4 Å². The summed E-state index contributed by atoms with van der Waals surface area (Å²) in [6.45, 7) is 0. The van der Waals surface area contributed by atoms with E-state index in [1.165, 1.54) is 10.8 Å². The number of carbonyl (C=O) groups is 1. The first-order valence-corrected chi connectivity index (χ1v) is 7.18. The van der Waals surface area contributed by atoms with Crippen molar-refractivity contribution in [2.24, 2.45) is 0 Å². The van der Waals surface area contributed by atoms with Gasteiger partial charge in [0.15, 0.2) is 0 Å². The second-order valence-corrected chi connectivity index (χ2v) is 5.15. The van der Waals surface area contributed by atoms with Crippen molar-refractivity contribution in [1.82, 2.24) is 4.57 Å². The summed E-state index contributed by atoms with van der Waals surface area (Å²) in [5.74, 6) is 0. The third kappa shape index (κ3) is 1.79. The van der Waals surface area contributed by atoms with Gasteiger partial charge in [0.2, 0.25) is 6.41 Å². The zero-order chi connectivity index (χ0) is 14.9. The van der Waals surface area contributed by atoms with Crippen molar-refractivity contribution in [2.75, 3.05) is 5.32 Å². The zero-order valence-electron chi connectivity index (χ0n) is 11.9. The minimum Gasteiger partial charge on any atom is -0.327 e. The van der Waals surface area contributed by atoms with E-state index in [9.17, 15) is 4.79 Å². The average molecular weight is 286 g/mol. The highest BCUT2D eigenvalue weighted by Gasteiger charge is 2.13. The molecule has 3 aromatic carbocycles. The highest BCUT2D eigenvalue weighted by atomic mass is 16.1. The number of benzene rings is 3. The molecule has 0 saturated heterocycles. The summed E-state index contributed by atoms with van der Waals surface area (Å²) >= 11 is 0. The molecule has 0 radical (unpaired) electrons. The number of para-hydroxylation sites is 4. The zero-order valence-corrected chi connectivity index (χ0v) is 11.9. The molecule has 4 aromatic rings. The molecule has 22 heavy (non-hydrogen) atoms. The Bertz CT molecular complexity index is 932. The average Bonchev–Trinajstić information content (AvgIpc) is 2.90. The minimum atomic E-state index is 0.715. The van der Waals surface area contributed by atoms with Crippen molar-refractivity contribution >= 4 is 33.9 Å². The molecule has 3 nitrogen and oxygen atoms in total. The monoisotopic (exact) mass is 286 g/mol. The van der Waals surface area contributed by atoms with Crippen LogP contribution in [0.5, 0.6) is 0 Å². The maximum absolute atomic E-state index is 10.9. The highest BCUT2D eigenvalue weighted by Crippen LogP contribution is 2.33. The number of hydrogen-bond acceptors (Lipinski definition) is 1. The van der Waals surface area contributed by atoms with E-state index in [1.54, 1.807) is 0 Å². The first kappa shape index (κ1) is 12.7. The minimum absolute atomic E-state index is 0.715. The second-order valence-electron chi connectivity index (χ2n) is 5.15. The van der Waals surface area contributed by atoms with Crippen LogP contribution in [0.4, 0.5) is 5.69 Å². The van der Waals surface area contributed by atoms with Gasteiger partial charge in [-0.1, -0.05) is 48.5 Å². The molecule has 3 heteroatoms. The molecule has 0 aliphatic rings. The summed E-state index contributed by atoms with van der Waals surface area (Å²) in [5, 5.41) is 5.21. The predicted molar refractivity (Wildman–Crippen MR) is 90.5 cm³/mol. The summed E-state index contributed by atoms with van der Waals surface area (Å²) in [6, 6.07) is 24.5. The lowest BCUT2D eigenvalue weighted by molar-refractivity contribution is -0.105. The van der Waals surface area contributed by atoms with Crippen LogP contribution < -0.4 is 5.32 Å². The van der Waals surface area contributed by atoms with Crippen LogP contribution in [0, 0.1) is 0 Å². The Kier molecular flexibility index (Phi) is 2.90. The Hall–Kier alpha value is -3.07. The van der Waals surface area contributed by atoms with Crippen LogP contribution in [-0.4, -0.2) is 11.0 Å². The quantitative estimate of drug-likeness (QED) is 0.558. The Morgan fingerprint density at radius 3 is 1.91 bits per heavy atom. The largest absolute Gasteiger partial charge is 0.327 e. The van der Waals surface area contributed by atoms with Gasteiger partial charge in [-0.2, -0.15) is 0 Å². The molecule has 1 amide bonds. The maximum Gasteiger partial charge on any atom is 0.211 e. The van der Waals surface area contributed by atoms with Gasteiger partial charge >= 0.3 is 0 Å². The molecule has 0 saturated carbocycles. The van der Waals surface area contributed by atoms with Crippen LogP contribution in [-0.2, 0) is 4.79 Å². The van der Waals surface area contributed by atoms with Gasteiger partial charge in [-0.15, -0.1) is 0 Å². The second kappa shape index (κ2) is 5.04. The Labute approximate surface area is 127 Å². The normalized spacial score (nSPS) is 10.9. The Morgan fingerprint density at radius 1 is 0.727 bits per heavy atom. The third-order valence-electron chi connectivity index (χ3n) is 3.94. The molecule has 0 unspecified atom stereocenters. The van der Waals surface area contributed by atoms with Crippen molar-refractivity contribution in [3.63, 3.8) is 0 Å². The Balaban J connectivity index is 2.16. The van der Waals surface area contributed by atoms with E-state index in [2.05, 4.69) is 46.3 Å². The van der Waals surface area contributed by atoms with Crippen LogP contribution >= 0.6 is 0 Å². The molecule has 0 atom stereocenters. The smallest absolute Gasteiger partial charge is 0.211 e. The summed E-state index contributed by atoms with van der Waals surface area (Å²) in [4.78, 5) is 10.9. The van der Waals surface area contributed by atoms with Crippen molar-refractivity contribution in [3.8, 4) is 5.69 Å². The first-order valence-electron chi connectivity index (χ1n) is 7.18. The number of nitrogens with one attached hydrogen (secondary N) is 1. The fourth-order valence-electron chi connectivity index (χ4n) is 3.04. The lowest BCUT2D eigenvalue weighted by Crippen LogP contribution is -2.01. The molecule has 0 fully saturated rings. The molecule has 0 aliphatic heterocycles. The van der Waals surface area contributed by atoms with E-state index in [4.69, 9.17) is 0 Å². The van der Waals surface area contributed by atoms with E-state index in [0.29, 0.717) is 6.41 Å². The molecule has 0 bridgehead atoms. The number of aromatic nitrogens is 1. The number of fused-ring (bicyclic) bond motifs is 3. The van der Waals surface area contributed by atoms with Gasteiger partial charge < -0.3 is 9.88 Å². The standard InChI is InChI=1S/C19H14N2O/c22-13-20-16-9-3-6-12-19(16)21-17-10-4-1-7-14(17)15-8-2-5-11-18(15)21/h1-13H,(H,20,22). The number of anilines is 1. The molecule has 4 rings (SSSR count). The summed E-state index contributed by atoms with van der Waals surface area (Å²) in [5.41, 5.74) is 4.02. The molecule has 1 heterocycles. The number of carbonyl (C=O) groups excluding carboxylic acids is 1. The Morgan fingerprint density at radius 2 is 1.27 bits per heavy atom. The lowest BCUT2D eigenvalue weighted by Gasteiger charge is -2.12. The molecular weight excluding hydrogens is 272 g/mol. The number of rotatable bonds is 3. The number of amides is 1. The molecule has 1 aromatic heterocycles. The fourth-order valence-corrected chi connectivity index (χ4v) is 3.04. The van der Waals surface area contributed by atoms with E-state index in [-0.39, 0.29) is 0 Å². The molecule has 1 N–H and O–H groups in total. The van der Waals surface area contributed by atoms with Crippen molar-refractivity contribution in [3.05, 3.63) is 72.8 Å². The first-order chi connectivity index (χ1) is 10.9. The maximum atomic E-state index is 10.9. The van der Waals surface area contributed by atoms with Crippen LogP contribution in [0.2, 0.25) is 0 Å². The van der Waals surface area contributed by atoms with Gasteiger partial charge in [-0.25, -0.2) is 0 Å². The molecule has 106 valence electrons. The topological polar surface area (TPSA) is 34.0 Å². The highest BCUT2D eigenvalue weighted by molar-refractivity contribution is 6.09. The van der Waals surface area contributed by atoms with Crippen LogP contribution in [0.25, 0.3) is 27.5 Å². The predicted octanol–water partition coefficient (Wildman–Crippen LogP) is 4.35. The van der Waals surface area contributed by atoms with Gasteiger partial charge in [0.1, 0.15) is 0 Å². The summed E-state index contributed by atoms with van der Waals surface area (Å²) in [6.07, 6.45) is 0.715. The van der Waals surface area contributed by atoms with Crippen LogP contribution in [0.3, 0.4) is 0 Å².